The molecule has 2 aromatic carbocycles. The summed E-state index contributed by atoms with van der Waals surface area (Å²) in [4.78, 5) is 25.6. The molecule has 0 saturated carbocycles. The van der Waals surface area contributed by atoms with E-state index in [1.165, 1.54) is 4.90 Å². The number of carbonyl (C=O) groups is 2. The molecule has 9 heteroatoms. The predicted octanol–water partition coefficient (Wildman–Crippen LogP) is 2.92. The van der Waals surface area contributed by atoms with Gasteiger partial charge >= 0.3 is 0 Å². The summed E-state index contributed by atoms with van der Waals surface area (Å²) in [5.41, 5.74) is 0.00557. The van der Waals surface area contributed by atoms with E-state index >= 15 is 0 Å². The summed E-state index contributed by atoms with van der Waals surface area (Å²) in [7, 11) is 0. The highest BCUT2D eigenvalue weighted by Gasteiger charge is 2.28. The molecule has 0 aliphatic carbocycles. The Hall–Kier alpha value is -2.58. The Morgan fingerprint density at radius 1 is 1.15 bits per heavy atom. The van der Waals surface area contributed by atoms with E-state index in [-0.39, 0.29) is 25.6 Å². The molecular weight excluding hydrogens is 385 g/mol. The van der Waals surface area contributed by atoms with E-state index in [0.717, 1.165) is 6.07 Å². The van der Waals surface area contributed by atoms with Crippen LogP contribution in [-0.2, 0) is 9.53 Å². The van der Waals surface area contributed by atoms with Gasteiger partial charge in [-0.25, -0.2) is 13.2 Å². The Morgan fingerprint density at radius 2 is 1.85 bits per heavy atom. The van der Waals surface area contributed by atoms with E-state index in [1.807, 2.05) is 0 Å². The van der Waals surface area contributed by atoms with Crippen LogP contribution in [0.4, 0.5) is 18.9 Å². The summed E-state index contributed by atoms with van der Waals surface area (Å²) >= 11 is 5.84. The van der Waals surface area contributed by atoms with E-state index in [2.05, 4.69) is 5.32 Å². The molecule has 0 bridgehead atoms. The van der Waals surface area contributed by atoms with Crippen LogP contribution in [0.2, 0.25) is 5.02 Å². The number of anilines is 1. The summed E-state index contributed by atoms with van der Waals surface area (Å²) in [5.74, 6) is -5.82. The van der Waals surface area contributed by atoms with Gasteiger partial charge in [-0.15, -0.1) is 0 Å². The van der Waals surface area contributed by atoms with E-state index in [0.29, 0.717) is 16.8 Å². The number of carbonyl (C=O) groups excluding carboxylic acids is 2. The van der Waals surface area contributed by atoms with Gasteiger partial charge in [0, 0.05) is 17.3 Å². The minimum atomic E-state index is -1.71. The summed E-state index contributed by atoms with van der Waals surface area (Å²) in [5, 5.41) is 2.92. The molecule has 1 unspecified atom stereocenters. The first-order chi connectivity index (χ1) is 12.9. The van der Waals surface area contributed by atoms with E-state index < -0.39 is 35.0 Å². The molecule has 3 rings (SSSR count). The predicted molar refractivity (Wildman–Crippen MR) is 92.2 cm³/mol. The molecule has 0 radical (unpaired) electrons. The topological polar surface area (TPSA) is 58.6 Å². The molecule has 1 atom stereocenters. The summed E-state index contributed by atoms with van der Waals surface area (Å²) in [6.45, 7) is -0.0850. The second kappa shape index (κ2) is 7.98. The Morgan fingerprint density at radius 3 is 2.56 bits per heavy atom. The number of hydrogen-bond donors (Lipinski definition) is 1. The maximum atomic E-state index is 13.7. The average Bonchev–Trinajstić information content (AvgIpc) is 2.66. The maximum Gasteiger partial charge on any atom is 0.254 e. The molecule has 1 aliphatic heterocycles. The van der Waals surface area contributed by atoms with Gasteiger partial charge in [0.05, 0.1) is 18.2 Å². The van der Waals surface area contributed by atoms with Gasteiger partial charge in [-0.1, -0.05) is 11.6 Å². The molecule has 1 aliphatic rings. The number of nitrogens with one attached hydrogen (secondary N) is 1. The lowest BCUT2D eigenvalue weighted by molar-refractivity contribution is -0.129. The fourth-order valence-electron chi connectivity index (χ4n) is 2.62. The van der Waals surface area contributed by atoms with Gasteiger partial charge in [0.2, 0.25) is 0 Å². The molecule has 1 N–H and O–H groups in total. The fourth-order valence-corrected chi connectivity index (χ4v) is 2.75. The van der Waals surface area contributed by atoms with Crippen molar-refractivity contribution in [2.75, 3.05) is 24.6 Å². The standard InChI is InChI=1S/C18H14ClF3N2O3/c19-10-1-3-11(4-2-10)24-8-12(27-9-15(24)25)7-23-18(26)13-5-6-14(20)17(22)16(13)21/h1-6,12H,7-9H2,(H,23,26). The highest BCUT2D eigenvalue weighted by Crippen LogP contribution is 2.21. The summed E-state index contributed by atoms with van der Waals surface area (Å²) < 4.78 is 45.2. The normalized spacial score (nSPS) is 17.1. The zero-order valence-electron chi connectivity index (χ0n) is 13.8. The molecule has 142 valence electrons. The molecule has 0 aromatic heterocycles. The number of hydrogen-bond acceptors (Lipinski definition) is 3. The van der Waals surface area contributed by atoms with Crippen LogP contribution in [0.25, 0.3) is 0 Å². The van der Waals surface area contributed by atoms with E-state index in [9.17, 15) is 22.8 Å². The lowest BCUT2D eigenvalue weighted by Gasteiger charge is -2.32. The first-order valence-electron chi connectivity index (χ1n) is 7.96. The zero-order valence-corrected chi connectivity index (χ0v) is 14.6. The molecular formula is C18H14ClF3N2O3. The van der Waals surface area contributed by atoms with Crippen molar-refractivity contribution < 1.29 is 27.5 Å². The fraction of sp³-hybridized carbons (Fsp3) is 0.222. The molecule has 0 spiro atoms. The van der Waals surface area contributed by atoms with Crippen LogP contribution in [0.5, 0.6) is 0 Å². The second-order valence-electron chi connectivity index (χ2n) is 5.85. The number of halogens is 4. The third kappa shape index (κ3) is 4.23. The quantitative estimate of drug-likeness (QED) is 0.806. The van der Waals surface area contributed by atoms with Crippen molar-refractivity contribution in [1.82, 2.24) is 5.32 Å². The highest BCUT2D eigenvalue weighted by molar-refractivity contribution is 6.30. The number of benzene rings is 2. The maximum absolute atomic E-state index is 13.7. The Kier molecular flexibility index (Phi) is 5.67. The second-order valence-corrected chi connectivity index (χ2v) is 6.28. The van der Waals surface area contributed by atoms with Gasteiger partial charge < -0.3 is 15.0 Å². The SMILES string of the molecule is O=C(NCC1CN(c2ccc(Cl)cc2)C(=O)CO1)c1ccc(F)c(F)c1F. The lowest BCUT2D eigenvalue weighted by atomic mass is 10.1. The molecule has 2 aromatic rings. The Balaban J connectivity index is 1.64. The van der Waals surface area contributed by atoms with Crippen LogP contribution in [0.1, 0.15) is 10.4 Å². The van der Waals surface area contributed by atoms with Crippen molar-refractivity contribution in [2.24, 2.45) is 0 Å². The van der Waals surface area contributed by atoms with Crippen LogP contribution in [0, 0.1) is 17.5 Å². The summed E-state index contributed by atoms with van der Waals surface area (Å²) in [6, 6.07) is 8.17. The van der Waals surface area contributed by atoms with Gasteiger partial charge in [0.25, 0.3) is 11.8 Å². The lowest BCUT2D eigenvalue weighted by Crippen LogP contribution is -2.50. The van der Waals surface area contributed by atoms with E-state index in [4.69, 9.17) is 16.3 Å². The van der Waals surface area contributed by atoms with Crippen molar-refractivity contribution >= 4 is 29.1 Å². The van der Waals surface area contributed by atoms with Gasteiger partial charge in [-0.2, -0.15) is 0 Å². The number of morpholine rings is 1. The van der Waals surface area contributed by atoms with Crippen molar-refractivity contribution in [3.63, 3.8) is 0 Å². The molecule has 27 heavy (non-hydrogen) atoms. The number of nitrogens with zero attached hydrogens (tertiary/aromatic N) is 1. The number of ether oxygens (including phenoxy) is 1. The molecule has 5 nitrogen and oxygen atoms in total. The van der Waals surface area contributed by atoms with Crippen LogP contribution < -0.4 is 10.2 Å². The van der Waals surface area contributed by atoms with Gasteiger partial charge in [0.15, 0.2) is 17.5 Å². The minimum Gasteiger partial charge on any atom is -0.365 e. The van der Waals surface area contributed by atoms with Crippen LogP contribution in [0.3, 0.4) is 0 Å². The molecule has 1 heterocycles. The van der Waals surface area contributed by atoms with Gasteiger partial charge in [0.1, 0.15) is 6.61 Å². The van der Waals surface area contributed by atoms with Gasteiger partial charge in [-0.3, -0.25) is 9.59 Å². The van der Waals surface area contributed by atoms with Crippen molar-refractivity contribution in [3.8, 4) is 0 Å². The number of rotatable bonds is 4. The first-order valence-corrected chi connectivity index (χ1v) is 8.34. The van der Waals surface area contributed by atoms with Gasteiger partial charge in [-0.05, 0) is 36.4 Å². The average molecular weight is 399 g/mol. The Labute approximate surface area is 157 Å². The van der Waals surface area contributed by atoms with Crippen LogP contribution in [0.15, 0.2) is 36.4 Å². The zero-order chi connectivity index (χ0) is 19.6. The molecule has 2 amide bonds. The number of amides is 2. The van der Waals surface area contributed by atoms with Crippen molar-refractivity contribution in [3.05, 3.63) is 64.4 Å². The van der Waals surface area contributed by atoms with Crippen molar-refractivity contribution in [2.45, 2.75) is 6.10 Å². The first kappa shape index (κ1) is 19.2. The highest BCUT2D eigenvalue weighted by atomic mass is 35.5. The van der Waals surface area contributed by atoms with Crippen LogP contribution in [-0.4, -0.2) is 37.6 Å². The van der Waals surface area contributed by atoms with E-state index in [1.54, 1.807) is 24.3 Å². The molecule has 1 fully saturated rings. The minimum absolute atomic E-state index is 0.0470. The Bertz CT molecular complexity index is 877. The third-order valence-electron chi connectivity index (χ3n) is 4.04. The molecule has 1 saturated heterocycles. The summed E-state index contributed by atoms with van der Waals surface area (Å²) in [6.07, 6.45) is -0.560. The monoisotopic (exact) mass is 398 g/mol. The smallest absolute Gasteiger partial charge is 0.254 e. The van der Waals surface area contributed by atoms with Crippen molar-refractivity contribution in [1.29, 1.82) is 0 Å². The largest absolute Gasteiger partial charge is 0.365 e. The van der Waals surface area contributed by atoms with Crippen LogP contribution >= 0.6 is 11.6 Å². The third-order valence-corrected chi connectivity index (χ3v) is 4.29.